The van der Waals surface area contributed by atoms with Gasteiger partial charge in [0.2, 0.25) is 5.91 Å². The van der Waals surface area contributed by atoms with Crippen molar-refractivity contribution in [3.8, 4) is 0 Å². The molecule has 9 heteroatoms. The molecule has 2 atom stereocenters. The van der Waals surface area contributed by atoms with Gasteiger partial charge in [0.25, 0.3) is 5.56 Å². The Morgan fingerprint density at radius 1 is 1.48 bits per heavy atom. The molecule has 23 heavy (non-hydrogen) atoms. The topological polar surface area (TPSA) is 106 Å². The summed E-state index contributed by atoms with van der Waals surface area (Å²) in [6, 6.07) is 1.39. The Hall–Kier alpha value is -2.42. The van der Waals surface area contributed by atoms with E-state index in [2.05, 4.69) is 15.5 Å². The van der Waals surface area contributed by atoms with Crippen LogP contribution in [0.2, 0.25) is 0 Å². The van der Waals surface area contributed by atoms with Crippen LogP contribution in [0.4, 0.5) is 0 Å². The van der Waals surface area contributed by atoms with E-state index < -0.39 is 0 Å². The molecule has 4 heterocycles. The van der Waals surface area contributed by atoms with Crippen LogP contribution in [-0.4, -0.2) is 50.2 Å². The van der Waals surface area contributed by atoms with E-state index in [9.17, 15) is 9.59 Å². The van der Waals surface area contributed by atoms with Crippen LogP contribution in [0.5, 0.6) is 0 Å². The van der Waals surface area contributed by atoms with Gasteiger partial charge in [0, 0.05) is 32.0 Å². The fourth-order valence-electron chi connectivity index (χ4n) is 3.24. The summed E-state index contributed by atoms with van der Waals surface area (Å²) in [5, 5.41) is 10.3. The van der Waals surface area contributed by atoms with Crippen molar-refractivity contribution in [2.45, 2.75) is 38.0 Å². The molecule has 1 fully saturated rings. The molecule has 0 spiro atoms. The number of rotatable bonds is 3. The summed E-state index contributed by atoms with van der Waals surface area (Å²) in [4.78, 5) is 25.2. The number of aryl methyl sites for hydroxylation is 1. The molecule has 0 bridgehead atoms. The number of fused-ring (bicyclic) bond motifs is 3. The van der Waals surface area contributed by atoms with Gasteiger partial charge in [0.1, 0.15) is 5.76 Å². The number of likely N-dealkylation sites (tertiary alicyclic amines) is 1. The van der Waals surface area contributed by atoms with Crippen molar-refractivity contribution in [1.82, 2.24) is 25.1 Å². The number of aromatic amines is 1. The molecule has 0 aromatic carbocycles. The van der Waals surface area contributed by atoms with Gasteiger partial charge in [-0.05, 0) is 6.42 Å². The van der Waals surface area contributed by atoms with E-state index in [4.69, 9.17) is 9.26 Å². The van der Waals surface area contributed by atoms with Gasteiger partial charge in [-0.2, -0.15) is 5.16 Å². The first kappa shape index (κ1) is 14.2. The minimum atomic E-state index is -0.286. The van der Waals surface area contributed by atoms with E-state index in [0.717, 1.165) is 12.1 Å². The average Bonchev–Trinajstić information content (AvgIpc) is 3.20. The summed E-state index contributed by atoms with van der Waals surface area (Å²) in [5.74, 6) is 0.539. The van der Waals surface area contributed by atoms with Gasteiger partial charge >= 0.3 is 0 Å². The fourth-order valence-corrected chi connectivity index (χ4v) is 3.24. The van der Waals surface area contributed by atoms with Crippen LogP contribution < -0.4 is 5.56 Å². The third kappa shape index (κ3) is 2.67. The Morgan fingerprint density at radius 3 is 3.22 bits per heavy atom. The van der Waals surface area contributed by atoms with E-state index in [1.807, 2.05) is 9.58 Å². The lowest BCUT2D eigenvalue weighted by Gasteiger charge is -2.41. The molecular weight excluding hydrogens is 302 g/mol. The number of nitrogens with one attached hydrogen (secondary N) is 1. The standard InChI is InChI=1S/C14H17N5O4/c20-13-5-10(23-16-13)1-2-14(21)18-4-3-12-11(7-18)19-9(8-22-12)6-15-17-19/h5-6,11-12H,1-4,7-8H2,(H,16,20)/t11-,12-/m1/s1. The van der Waals surface area contributed by atoms with Gasteiger partial charge in [-0.1, -0.05) is 5.21 Å². The van der Waals surface area contributed by atoms with Crippen LogP contribution in [0.1, 0.15) is 30.3 Å². The molecule has 0 saturated carbocycles. The van der Waals surface area contributed by atoms with Crippen LogP contribution in [0.25, 0.3) is 0 Å². The van der Waals surface area contributed by atoms with Crippen molar-refractivity contribution in [1.29, 1.82) is 0 Å². The zero-order valence-corrected chi connectivity index (χ0v) is 12.5. The second kappa shape index (κ2) is 5.65. The molecular formula is C14H17N5O4. The highest BCUT2D eigenvalue weighted by Crippen LogP contribution is 2.30. The molecule has 4 rings (SSSR count). The monoisotopic (exact) mass is 319 g/mol. The highest BCUT2D eigenvalue weighted by Gasteiger charge is 2.37. The number of ether oxygens (including phenoxy) is 1. The number of carbonyl (C=O) groups is 1. The number of hydrogen-bond donors (Lipinski definition) is 1. The SMILES string of the molecule is O=C(CCc1cc(=O)[nH]o1)N1CC[C@H]2OCc3cnnn3[C@@H]2C1. The van der Waals surface area contributed by atoms with Crippen molar-refractivity contribution in [2.24, 2.45) is 0 Å². The lowest BCUT2D eigenvalue weighted by molar-refractivity contribution is -0.138. The minimum Gasteiger partial charge on any atom is -0.384 e. The zero-order valence-electron chi connectivity index (χ0n) is 12.5. The summed E-state index contributed by atoms with van der Waals surface area (Å²) < 4.78 is 12.7. The molecule has 0 aliphatic carbocycles. The van der Waals surface area contributed by atoms with Crippen molar-refractivity contribution >= 4 is 5.91 Å². The quantitative estimate of drug-likeness (QED) is 0.844. The highest BCUT2D eigenvalue weighted by molar-refractivity contribution is 5.76. The Kier molecular flexibility index (Phi) is 3.49. The number of piperidine rings is 1. The molecule has 1 amide bonds. The summed E-state index contributed by atoms with van der Waals surface area (Å²) in [7, 11) is 0. The lowest BCUT2D eigenvalue weighted by atomic mass is 10.00. The number of nitrogens with zero attached hydrogens (tertiary/aromatic N) is 4. The van der Waals surface area contributed by atoms with Crippen LogP contribution in [0, 0.1) is 0 Å². The average molecular weight is 319 g/mol. The highest BCUT2D eigenvalue weighted by atomic mass is 16.5. The van der Waals surface area contributed by atoms with Gasteiger partial charge in [0.15, 0.2) is 0 Å². The smallest absolute Gasteiger partial charge is 0.280 e. The summed E-state index contributed by atoms with van der Waals surface area (Å²) in [5.41, 5.74) is 0.654. The molecule has 0 unspecified atom stereocenters. The first-order valence-electron chi connectivity index (χ1n) is 7.66. The number of amides is 1. The van der Waals surface area contributed by atoms with Gasteiger partial charge < -0.3 is 14.2 Å². The first-order chi connectivity index (χ1) is 11.2. The molecule has 1 saturated heterocycles. The summed E-state index contributed by atoms with van der Waals surface area (Å²) in [6.45, 7) is 1.76. The van der Waals surface area contributed by atoms with Gasteiger partial charge in [-0.25, -0.2) is 4.68 Å². The Morgan fingerprint density at radius 2 is 2.39 bits per heavy atom. The molecule has 122 valence electrons. The summed E-state index contributed by atoms with van der Waals surface area (Å²) >= 11 is 0. The van der Waals surface area contributed by atoms with E-state index in [1.165, 1.54) is 6.07 Å². The Balaban J connectivity index is 1.41. The Labute approximate surface area is 131 Å². The largest absolute Gasteiger partial charge is 0.384 e. The van der Waals surface area contributed by atoms with Gasteiger partial charge in [-0.15, -0.1) is 5.10 Å². The molecule has 0 radical (unpaired) electrons. The molecule has 2 aliphatic rings. The van der Waals surface area contributed by atoms with Gasteiger partial charge in [0.05, 0.1) is 30.6 Å². The predicted octanol–water partition coefficient (Wildman–Crippen LogP) is -0.136. The number of hydrogen-bond acceptors (Lipinski definition) is 6. The number of aromatic nitrogens is 4. The third-order valence-corrected chi connectivity index (χ3v) is 4.44. The van der Waals surface area contributed by atoms with Crippen molar-refractivity contribution in [2.75, 3.05) is 13.1 Å². The predicted molar refractivity (Wildman–Crippen MR) is 76.5 cm³/mol. The number of carbonyl (C=O) groups excluding carboxylic acids is 1. The number of H-pyrrole nitrogens is 1. The molecule has 2 aliphatic heterocycles. The molecule has 2 aromatic rings. The first-order valence-corrected chi connectivity index (χ1v) is 7.66. The lowest BCUT2D eigenvalue weighted by Crippen LogP contribution is -2.49. The van der Waals surface area contributed by atoms with Gasteiger partial charge in [-0.3, -0.25) is 9.59 Å². The van der Waals surface area contributed by atoms with Crippen LogP contribution in [0.15, 0.2) is 21.6 Å². The van der Waals surface area contributed by atoms with E-state index >= 15 is 0 Å². The maximum absolute atomic E-state index is 12.4. The molecule has 9 nitrogen and oxygen atoms in total. The van der Waals surface area contributed by atoms with Crippen molar-refractivity contribution < 1.29 is 14.1 Å². The second-order valence-corrected chi connectivity index (χ2v) is 5.89. The zero-order chi connectivity index (χ0) is 15.8. The van der Waals surface area contributed by atoms with E-state index in [0.29, 0.717) is 38.3 Å². The second-order valence-electron chi connectivity index (χ2n) is 5.89. The van der Waals surface area contributed by atoms with E-state index in [-0.39, 0.29) is 23.6 Å². The molecule has 2 aromatic heterocycles. The normalized spacial score (nSPS) is 23.4. The Bertz CT molecular complexity index is 763. The summed E-state index contributed by atoms with van der Waals surface area (Å²) in [6.07, 6.45) is 3.28. The van der Waals surface area contributed by atoms with Crippen LogP contribution in [-0.2, 0) is 22.6 Å². The van der Waals surface area contributed by atoms with Crippen molar-refractivity contribution in [3.05, 3.63) is 34.1 Å². The maximum atomic E-state index is 12.4. The molecule has 1 N–H and O–H groups in total. The van der Waals surface area contributed by atoms with Crippen LogP contribution in [0.3, 0.4) is 0 Å². The minimum absolute atomic E-state index is 0.0177. The maximum Gasteiger partial charge on any atom is 0.280 e. The van der Waals surface area contributed by atoms with E-state index in [1.54, 1.807) is 6.20 Å². The van der Waals surface area contributed by atoms with Crippen LogP contribution >= 0.6 is 0 Å². The third-order valence-electron chi connectivity index (χ3n) is 4.44. The fraction of sp³-hybridized carbons (Fsp3) is 0.571. The van der Waals surface area contributed by atoms with Crippen molar-refractivity contribution in [3.63, 3.8) is 0 Å².